The van der Waals surface area contributed by atoms with Crippen LogP contribution in [0, 0.1) is 23.0 Å². The molecular weight excluding hydrogens is 569 g/mol. The third-order valence-electron chi connectivity index (χ3n) is 10.5. The molecule has 5 aliphatic heterocycles. The average Bonchev–Trinajstić information content (AvgIpc) is 3.66. The highest BCUT2D eigenvalue weighted by Gasteiger charge is 2.49. The number of pyridine rings is 1. The number of phenolic OH excluding ortho intramolecular Hbond substituents is 1. The summed E-state index contributed by atoms with van der Waals surface area (Å²) in [4.78, 5) is 11.3. The van der Waals surface area contributed by atoms with Crippen molar-refractivity contribution in [1.82, 2.24) is 15.2 Å². The topological polar surface area (TPSA) is 87.9 Å². The van der Waals surface area contributed by atoms with E-state index in [0.29, 0.717) is 60.3 Å². The van der Waals surface area contributed by atoms with Crippen LogP contribution in [0.25, 0.3) is 10.8 Å². The van der Waals surface area contributed by atoms with Gasteiger partial charge in [0.1, 0.15) is 30.2 Å². The number of nitrogens with one attached hydrogen (secondary N) is 1. The van der Waals surface area contributed by atoms with Crippen LogP contribution in [0.5, 0.6) is 11.6 Å². The van der Waals surface area contributed by atoms with Gasteiger partial charge in [0, 0.05) is 61.7 Å². The summed E-state index contributed by atoms with van der Waals surface area (Å²) in [6.07, 6.45) is 4.04. The Bertz CT molecular complexity index is 1680. The summed E-state index contributed by atoms with van der Waals surface area (Å²) >= 11 is 0. The number of ether oxygens (including phenoxy) is 1. The molecule has 2 aromatic carbocycles. The Morgan fingerprint density at radius 2 is 1.93 bits per heavy atom. The molecule has 4 fully saturated rings. The van der Waals surface area contributed by atoms with E-state index < -0.39 is 23.3 Å². The Labute approximate surface area is 254 Å². The molecule has 6 heterocycles. The van der Waals surface area contributed by atoms with Crippen molar-refractivity contribution in [1.29, 1.82) is 5.26 Å². The zero-order valence-corrected chi connectivity index (χ0v) is 24.5. The summed E-state index contributed by atoms with van der Waals surface area (Å²) in [5.41, 5.74) is 2.91. The predicted octanol–water partition coefficient (Wildman–Crippen LogP) is 4.55. The van der Waals surface area contributed by atoms with E-state index in [0.717, 1.165) is 62.6 Å². The van der Waals surface area contributed by atoms with Crippen LogP contribution in [-0.4, -0.2) is 78.1 Å². The fourth-order valence-corrected chi connectivity index (χ4v) is 8.53. The van der Waals surface area contributed by atoms with E-state index >= 15 is 4.39 Å². The van der Waals surface area contributed by atoms with Crippen molar-refractivity contribution >= 4 is 22.1 Å². The molecule has 0 spiro atoms. The van der Waals surface area contributed by atoms with Crippen LogP contribution >= 0.6 is 0 Å². The Morgan fingerprint density at radius 1 is 1.11 bits per heavy atom. The molecular formula is C33H35F3N6O2. The normalized spacial score (nSPS) is 27.9. The van der Waals surface area contributed by atoms with Crippen molar-refractivity contribution < 1.29 is 23.0 Å². The first-order chi connectivity index (χ1) is 21.3. The van der Waals surface area contributed by atoms with Gasteiger partial charge in [-0.15, -0.1) is 0 Å². The number of benzene rings is 2. The van der Waals surface area contributed by atoms with Gasteiger partial charge in [0.15, 0.2) is 11.6 Å². The standard InChI is InChI=1S/C33H35F3N6O2/c34-20-12-33(7-1-8-42(33)14-20)18-44-32-25(13-37)31(41-15-21-3-4-22(16-41)38-21)24-6-9-40(17-27(24)39-32)28-11-23(43)10-19-2-5-26(35)30(36)29(19)28/h2,5,10-11,20-22,38,43H,1,3-4,6-9,12,14-18H2/t20-,21?,22?,33+/m1/s1. The van der Waals surface area contributed by atoms with Crippen molar-refractivity contribution in [2.45, 2.75) is 68.9 Å². The summed E-state index contributed by atoms with van der Waals surface area (Å²) in [5, 5.41) is 25.2. The van der Waals surface area contributed by atoms with Crippen LogP contribution in [0.2, 0.25) is 0 Å². The number of halogens is 3. The number of aromatic hydroxyl groups is 1. The highest BCUT2D eigenvalue weighted by Crippen LogP contribution is 2.44. The minimum Gasteiger partial charge on any atom is -0.508 e. The lowest BCUT2D eigenvalue weighted by molar-refractivity contribution is 0.110. The Balaban J connectivity index is 1.21. The fourth-order valence-electron chi connectivity index (χ4n) is 8.53. The monoisotopic (exact) mass is 604 g/mol. The molecule has 4 atom stereocenters. The molecule has 44 heavy (non-hydrogen) atoms. The van der Waals surface area contributed by atoms with Gasteiger partial charge in [0.25, 0.3) is 0 Å². The number of nitrogens with zero attached hydrogens (tertiary/aromatic N) is 5. The molecule has 5 aliphatic rings. The number of aromatic nitrogens is 1. The van der Waals surface area contributed by atoms with Gasteiger partial charge in [-0.3, -0.25) is 4.90 Å². The SMILES string of the molecule is N#Cc1c(OC[C@@]23CCCN2C[C@H](F)C3)nc2c(c1N1CC3CCC(C1)N3)CCN(c1cc(O)cc3ccc(F)c(F)c13)C2. The lowest BCUT2D eigenvalue weighted by Gasteiger charge is -2.39. The van der Waals surface area contributed by atoms with Gasteiger partial charge in [-0.1, -0.05) is 6.07 Å². The van der Waals surface area contributed by atoms with E-state index in [-0.39, 0.29) is 30.2 Å². The van der Waals surface area contributed by atoms with Crippen molar-refractivity contribution in [2.24, 2.45) is 0 Å². The van der Waals surface area contributed by atoms with Gasteiger partial charge in [0.05, 0.1) is 29.2 Å². The molecule has 230 valence electrons. The quantitative estimate of drug-likeness (QED) is 0.439. The van der Waals surface area contributed by atoms with Gasteiger partial charge >= 0.3 is 0 Å². The number of nitriles is 1. The average molecular weight is 605 g/mol. The zero-order valence-electron chi connectivity index (χ0n) is 24.5. The van der Waals surface area contributed by atoms with Gasteiger partial charge in [-0.05, 0) is 56.2 Å². The molecule has 1 aromatic heterocycles. The number of hydrogen-bond acceptors (Lipinski definition) is 8. The van der Waals surface area contributed by atoms with Crippen LogP contribution < -0.4 is 19.9 Å². The Kier molecular flexibility index (Phi) is 6.58. The predicted molar refractivity (Wildman–Crippen MR) is 160 cm³/mol. The lowest BCUT2D eigenvalue weighted by atomic mass is 9.94. The third kappa shape index (κ3) is 4.45. The molecule has 0 radical (unpaired) electrons. The molecule has 2 unspecified atom stereocenters. The molecule has 8 nitrogen and oxygen atoms in total. The number of rotatable bonds is 5. The second-order valence-corrected chi connectivity index (χ2v) is 13.2. The number of phenols is 1. The zero-order chi connectivity index (χ0) is 30.2. The summed E-state index contributed by atoms with van der Waals surface area (Å²) in [7, 11) is 0. The Hall–Kier alpha value is -3.75. The lowest BCUT2D eigenvalue weighted by Crippen LogP contribution is -2.52. The first-order valence-corrected chi connectivity index (χ1v) is 15.7. The van der Waals surface area contributed by atoms with Gasteiger partial charge in [0.2, 0.25) is 5.88 Å². The maximum atomic E-state index is 15.2. The second-order valence-electron chi connectivity index (χ2n) is 13.2. The molecule has 11 heteroatoms. The molecule has 4 saturated heterocycles. The first-order valence-electron chi connectivity index (χ1n) is 15.7. The van der Waals surface area contributed by atoms with Crippen LogP contribution in [0.15, 0.2) is 24.3 Å². The largest absolute Gasteiger partial charge is 0.508 e. The second kappa shape index (κ2) is 10.4. The maximum Gasteiger partial charge on any atom is 0.234 e. The van der Waals surface area contributed by atoms with Crippen LogP contribution in [0.3, 0.4) is 0 Å². The van der Waals surface area contributed by atoms with Crippen LogP contribution in [0.4, 0.5) is 24.5 Å². The smallest absolute Gasteiger partial charge is 0.234 e. The number of fused-ring (bicyclic) bond motifs is 5. The molecule has 8 rings (SSSR count). The number of hydrogen-bond donors (Lipinski definition) is 2. The van der Waals surface area contributed by atoms with Crippen molar-refractivity contribution in [2.75, 3.05) is 49.1 Å². The molecule has 2 bridgehead atoms. The van der Waals surface area contributed by atoms with Crippen molar-refractivity contribution in [3.05, 3.63) is 52.7 Å². The van der Waals surface area contributed by atoms with E-state index in [9.17, 15) is 19.1 Å². The number of anilines is 2. The molecule has 0 aliphatic carbocycles. The summed E-state index contributed by atoms with van der Waals surface area (Å²) in [6.45, 7) is 3.78. The third-order valence-corrected chi connectivity index (χ3v) is 10.5. The maximum absolute atomic E-state index is 15.2. The summed E-state index contributed by atoms with van der Waals surface area (Å²) in [6, 6.07) is 8.52. The molecule has 0 saturated carbocycles. The number of alkyl halides is 1. The minimum absolute atomic E-state index is 0.0406. The highest BCUT2D eigenvalue weighted by molar-refractivity contribution is 5.96. The minimum atomic E-state index is -0.958. The summed E-state index contributed by atoms with van der Waals surface area (Å²) < 4.78 is 50.5. The highest BCUT2D eigenvalue weighted by atomic mass is 19.2. The van der Waals surface area contributed by atoms with Gasteiger partial charge in [-0.25, -0.2) is 18.2 Å². The van der Waals surface area contributed by atoms with Gasteiger partial charge < -0.3 is 25.0 Å². The van der Waals surface area contributed by atoms with Gasteiger partial charge in [-0.2, -0.15) is 5.26 Å². The van der Waals surface area contributed by atoms with E-state index in [1.165, 1.54) is 18.2 Å². The number of piperazine rings is 1. The fraction of sp³-hybridized carbons (Fsp3) is 0.515. The van der Waals surface area contributed by atoms with E-state index in [1.807, 2.05) is 4.90 Å². The van der Waals surface area contributed by atoms with E-state index in [4.69, 9.17) is 9.72 Å². The summed E-state index contributed by atoms with van der Waals surface area (Å²) in [5.74, 6) is -1.70. The first kappa shape index (κ1) is 27.8. The van der Waals surface area contributed by atoms with E-state index in [2.05, 4.69) is 21.2 Å². The van der Waals surface area contributed by atoms with Crippen LogP contribution in [-0.2, 0) is 13.0 Å². The van der Waals surface area contributed by atoms with Crippen LogP contribution in [0.1, 0.15) is 48.9 Å². The molecule has 2 N–H and O–H groups in total. The molecule has 3 aromatic rings. The van der Waals surface area contributed by atoms with Crippen molar-refractivity contribution in [3.63, 3.8) is 0 Å². The molecule has 0 amide bonds. The van der Waals surface area contributed by atoms with E-state index in [1.54, 1.807) is 0 Å². The Morgan fingerprint density at radius 3 is 2.73 bits per heavy atom. The van der Waals surface area contributed by atoms with Crippen molar-refractivity contribution in [3.8, 4) is 17.7 Å².